The van der Waals surface area contributed by atoms with Gasteiger partial charge in [-0.25, -0.2) is 13.1 Å². The second kappa shape index (κ2) is 15.3. The van der Waals surface area contributed by atoms with Gasteiger partial charge in [-0.2, -0.15) is 0 Å². The zero-order valence-corrected chi connectivity index (χ0v) is 31.2. The highest BCUT2D eigenvalue weighted by molar-refractivity contribution is 7.90. The van der Waals surface area contributed by atoms with Crippen molar-refractivity contribution in [3.63, 3.8) is 0 Å². The van der Waals surface area contributed by atoms with Crippen LogP contribution >= 0.6 is 11.6 Å². The first-order chi connectivity index (χ1) is 24.6. The molecule has 5 atom stereocenters. The second-order valence-corrected chi connectivity index (χ2v) is 17.4. The molecule has 51 heavy (non-hydrogen) atoms. The summed E-state index contributed by atoms with van der Waals surface area (Å²) in [6.45, 7) is 8.52. The number of morpholine rings is 1. The van der Waals surface area contributed by atoms with Gasteiger partial charge in [0.25, 0.3) is 5.91 Å². The molecule has 9 nitrogen and oxygen atoms in total. The van der Waals surface area contributed by atoms with E-state index in [1.165, 1.54) is 11.1 Å². The number of anilines is 1. The summed E-state index contributed by atoms with van der Waals surface area (Å²) in [5.74, 6) is 0.443. The van der Waals surface area contributed by atoms with Crippen LogP contribution < -0.4 is 14.4 Å². The largest absolute Gasteiger partial charge is 0.487 e. The molecule has 7 rings (SSSR count). The number of amides is 1. The van der Waals surface area contributed by atoms with Crippen LogP contribution in [0.1, 0.15) is 73.0 Å². The fourth-order valence-corrected chi connectivity index (χ4v) is 9.71. The van der Waals surface area contributed by atoms with Gasteiger partial charge in [0.1, 0.15) is 18.0 Å². The molecule has 0 unspecified atom stereocenters. The van der Waals surface area contributed by atoms with Gasteiger partial charge in [0.2, 0.25) is 10.0 Å². The standard InChI is InChI=1S/C40H49ClN4O5S/c1-28-7-5-16-40(27-44(19-20-50-40)24-30-8-6-17-42-23-30)36-14-11-33(36)25-45-18-4-3-9-31-21-35(41)13-10-34(31)26-49-38-15-12-32(22-37(38)45)39(46)43-51(47,48)29(28)2/h5-6,8,10,12-13,15-17,21-23,28-29,33,36H,3-4,7,9,11,14,18-20,24-27H2,1-2H3,(H,43,46)/b16-5+/t28-,29+,33-,36+,40-/m0/s1. The minimum absolute atomic E-state index is 0.224. The molecule has 4 aliphatic rings. The van der Waals surface area contributed by atoms with Crippen LogP contribution in [-0.2, 0) is 34.3 Å². The summed E-state index contributed by atoms with van der Waals surface area (Å²) < 4.78 is 42.9. The minimum Gasteiger partial charge on any atom is -0.487 e. The van der Waals surface area contributed by atoms with Crippen molar-refractivity contribution in [2.24, 2.45) is 17.8 Å². The number of benzene rings is 2. The zero-order valence-electron chi connectivity index (χ0n) is 29.6. The predicted octanol–water partition coefficient (Wildman–Crippen LogP) is 6.80. The van der Waals surface area contributed by atoms with Gasteiger partial charge < -0.3 is 14.4 Å². The van der Waals surface area contributed by atoms with Crippen molar-refractivity contribution in [1.29, 1.82) is 0 Å². The molecule has 1 amide bonds. The molecule has 272 valence electrons. The molecule has 2 fully saturated rings. The summed E-state index contributed by atoms with van der Waals surface area (Å²) in [4.78, 5) is 22.8. The van der Waals surface area contributed by atoms with E-state index in [1.54, 1.807) is 19.2 Å². The third-order valence-corrected chi connectivity index (χ3v) is 13.7. The normalized spacial score (nSPS) is 29.3. The summed E-state index contributed by atoms with van der Waals surface area (Å²) in [5, 5.41) is -0.0682. The van der Waals surface area contributed by atoms with E-state index in [1.807, 2.05) is 49.5 Å². The van der Waals surface area contributed by atoms with Crippen LogP contribution in [0.15, 0.2) is 73.1 Å². The average molecular weight is 733 g/mol. The third-order valence-electron chi connectivity index (χ3n) is 11.5. The molecule has 1 spiro atoms. The number of carbonyl (C=O) groups is 1. The van der Waals surface area contributed by atoms with Gasteiger partial charge in [0.15, 0.2) is 0 Å². The fraction of sp³-hybridized carbons (Fsp3) is 0.500. The van der Waals surface area contributed by atoms with Crippen molar-refractivity contribution < 1.29 is 22.7 Å². The number of sulfonamides is 1. The van der Waals surface area contributed by atoms with E-state index in [0.29, 0.717) is 41.9 Å². The maximum Gasteiger partial charge on any atom is 0.264 e. The highest BCUT2D eigenvalue weighted by Gasteiger charge is 2.50. The van der Waals surface area contributed by atoms with E-state index in [0.717, 1.165) is 76.1 Å². The summed E-state index contributed by atoms with van der Waals surface area (Å²) >= 11 is 6.39. The molecular formula is C40H49ClN4O5S. The van der Waals surface area contributed by atoms with Crippen LogP contribution in [0, 0.1) is 17.8 Å². The van der Waals surface area contributed by atoms with Crippen LogP contribution in [0.5, 0.6) is 5.75 Å². The van der Waals surface area contributed by atoms with Gasteiger partial charge in [-0.3, -0.25) is 14.7 Å². The lowest BCUT2D eigenvalue weighted by Crippen LogP contribution is -2.59. The molecule has 2 bridgehead atoms. The van der Waals surface area contributed by atoms with Gasteiger partial charge in [0.05, 0.1) is 17.5 Å². The van der Waals surface area contributed by atoms with Crippen molar-refractivity contribution in [2.75, 3.05) is 37.7 Å². The number of rotatable bonds is 2. The highest BCUT2D eigenvalue weighted by atomic mass is 35.5. The molecular weight excluding hydrogens is 684 g/mol. The van der Waals surface area contributed by atoms with E-state index < -0.39 is 26.8 Å². The van der Waals surface area contributed by atoms with Gasteiger partial charge in [-0.15, -0.1) is 0 Å². The number of ether oxygens (including phenoxy) is 2. The number of aryl methyl sites for hydroxylation is 1. The predicted molar refractivity (Wildman–Crippen MR) is 201 cm³/mol. The first-order valence-electron chi connectivity index (χ1n) is 18.4. The fourth-order valence-electron chi connectivity index (χ4n) is 8.23. The van der Waals surface area contributed by atoms with Crippen LogP contribution in [0.4, 0.5) is 5.69 Å². The van der Waals surface area contributed by atoms with Gasteiger partial charge in [-0.1, -0.05) is 42.8 Å². The van der Waals surface area contributed by atoms with E-state index in [4.69, 9.17) is 21.1 Å². The number of fused-ring (bicyclic) bond motifs is 4. The maximum atomic E-state index is 13.6. The molecule has 1 aliphatic carbocycles. The summed E-state index contributed by atoms with van der Waals surface area (Å²) in [5.41, 5.74) is 4.04. The Morgan fingerprint density at radius 3 is 2.75 bits per heavy atom. The second-order valence-electron chi connectivity index (χ2n) is 14.9. The van der Waals surface area contributed by atoms with Crippen LogP contribution in [0.2, 0.25) is 5.02 Å². The van der Waals surface area contributed by atoms with E-state index in [9.17, 15) is 13.2 Å². The lowest BCUT2D eigenvalue weighted by molar-refractivity contribution is -0.145. The average Bonchev–Trinajstić information content (AvgIpc) is 3.13. The molecule has 1 N–H and O–H groups in total. The number of nitrogens with zero attached hydrogens (tertiary/aromatic N) is 3. The van der Waals surface area contributed by atoms with Crippen LogP contribution in [0.3, 0.4) is 0 Å². The highest BCUT2D eigenvalue weighted by Crippen LogP contribution is 2.48. The summed E-state index contributed by atoms with van der Waals surface area (Å²) in [7, 11) is -3.96. The Balaban J connectivity index is 1.26. The Labute approximate surface area is 307 Å². The Bertz CT molecular complexity index is 1860. The number of carbonyl (C=O) groups excluding carboxylic acids is 1. The summed E-state index contributed by atoms with van der Waals surface area (Å²) in [6, 6.07) is 15.4. The molecule has 1 saturated carbocycles. The number of halogens is 1. The number of hydrogen-bond donors (Lipinski definition) is 1. The molecule has 11 heteroatoms. The molecule has 3 aromatic rings. The zero-order chi connectivity index (χ0) is 35.6. The molecule has 0 radical (unpaired) electrons. The number of nitrogens with one attached hydrogen (secondary N) is 1. The number of aromatic nitrogens is 1. The molecule has 1 aromatic heterocycles. The van der Waals surface area contributed by atoms with Gasteiger partial charge in [0, 0.05) is 55.7 Å². The Kier molecular flexibility index (Phi) is 10.8. The SMILES string of the molecule is C[C@@H]1[C@@H](C)C/C=C/[C@]2(CN(Cc3cccnc3)CCO2)[C@@H]2CC[C@H]2CN2CCCCc3cc(Cl)ccc3COc3ccc(cc32)C(=O)NS1(=O)=O. The minimum atomic E-state index is -3.96. The summed E-state index contributed by atoms with van der Waals surface area (Å²) in [6.07, 6.45) is 13.6. The Hall–Kier alpha value is -3.44. The third kappa shape index (κ3) is 7.99. The maximum absolute atomic E-state index is 13.6. The first kappa shape index (κ1) is 35.9. The number of hydrogen-bond acceptors (Lipinski definition) is 8. The molecule has 4 heterocycles. The van der Waals surface area contributed by atoms with Gasteiger partial charge >= 0.3 is 0 Å². The van der Waals surface area contributed by atoms with Crippen LogP contribution in [-0.4, -0.2) is 67.8 Å². The van der Waals surface area contributed by atoms with Crippen molar-refractivity contribution in [3.8, 4) is 5.75 Å². The Morgan fingerprint density at radius 1 is 1.06 bits per heavy atom. The first-order valence-corrected chi connectivity index (χ1v) is 20.3. The topological polar surface area (TPSA) is 101 Å². The quantitative estimate of drug-likeness (QED) is 0.288. The molecule has 3 aliphatic heterocycles. The van der Waals surface area contributed by atoms with E-state index in [-0.39, 0.29) is 11.8 Å². The van der Waals surface area contributed by atoms with Gasteiger partial charge in [-0.05, 0) is 116 Å². The monoisotopic (exact) mass is 732 g/mol. The van der Waals surface area contributed by atoms with Crippen molar-refractivity contribution >= 4 is 33.2 Å². The Morgan fingerprint density at radius 2 is 1.94 bits per heavy atom. The molecule has 1 saturated heterocycles. The van der Waals surface area contributed by atoms with Crippen molar-refractivity contribution in [2.45, 2.75) is 76.4 Å². The number of pyridine rings is 1. The number of allylic oxidation sites excluding steroid dienone is 1. The van der Waals surface area contributed by atoms with E-state index >= 15 is 0 Å². The smallest absolute Gasteiger partial charge is 0.264 e. The van der Waals surface area contributed by atoms with Crippen molar-refractivity contribution in [3.05, 3.63) is 100 Å². The van der Waals surface area contributed by atoms with Crippen LogP contribution in [0.25, 0.3) is 0 Å². The lowest BCUT2D eigenvalue weighted by atomic mass is 9.63. The van der Waals surface area contributed by atoms with E-state index in [2.05, 4.69) is 37.7 Å². The lowest BCUT2D eigenvalue weighted by Gasteiger charge is -2.53. The molecule has 2 aromatic carbocycles. The van der Waals surface area contributed by atoms with Crippen molar-refractivity contribution in [1.82, 2.24) is 14.6 Å².